The number of nitrogens with one attached hydrogen (secondary N) is 2. The van der Waals surface area contributed by atoms with Crippen molar-refractivity contribution in [1.82, 2.24) is 20.4 Å². The van der Waals surface area contributed by atoms with E-state index in [-0.39, 0.29) is 36.2 Å². The molecule has 0 saturated carbocycles. The number of nitrogens with zero attached hydrogens (tertiary/aromatic N) is 2. The van der Waals surface area contributed by atoms with Crippen molar-refractivity contribution in [3.8, 4) is 0 Å². The summed E-state index contributed by atoms with van der Waals surface area (Å²) in [5.74, 6) is -0.492. The van der Waals surface area contributed by atoms with E-state index in [0.717, 1.165) is 18.4 Å². The molecule has 1 aliphatic rings. The zero-order valence-corrected chi connectivity index (χ0v) is 20.0. The Bertz CT molecular complexity index is 853. The Morgan fingerprint density at radius 2 is 1.91 bits per heavy atom. The summed E-state index contributed by atoms with van der Waals surface area (Å²) in [6.07, 6.45) is 4.42. The predicted octanol–water partition coefficient (Wildman–Crippen LogP) is 1.51. The Balaban J connectivity index is 2.02. The van der Waals surface area contributed by atoms with E-state index in [2.05, 4.69) is 10.6 Å². The Morgan fingerprint density at radius 3 is 2.55 bits per heavy atom. The molecule has 0 radical (unpaired) electrons. The zero-order chi connectivity index (χ0) is 24.4. The molecule has 0 spiro atoms. The molecular formula is C25H36N4O4. The van der Waals surface area contributed by atoms with Crippen LogP contribution in [-0.4, -0.2) is 72.7 Å². The number of hydrogen-bond donors (Lipinski definition) is 2. The molecule has 1 heterocycles. The number of benzene rings is 1. The van der Waals surface area contributed by atoms with E-state index in [0.29, 0.717) is 31.5 Å². The molecule has 33 heavy (non-hydrogen) atoms. The van der Waals surface area contributed by atoms with Gasteiger partial charge in [-0.2, -0.15) is 0 Å². The average Bonchev–Trinajstić information content (AvgIpc) is 3.30. The summed E-state index contributed by atoms with van der Waals surface area (Å²) >= 11 is 0. The molecule has 8 heteroatoms. The van der Waals surface area contributed by atoms with Gasteiger partial charge in [0.25, 0.3) is 0 Å². The summed E-state index contributed by atoms with van der Waals surface area (Å²) < 4.78 is 0. The third kappa shape index (κ3) is 7.44. The number of likely N-dealkylation sites (tertiary alicyclic amines) is 1. The molecule has 8 nitrogen and oxygen atoms in total. The van der Waals surface area contributed by atoms with Crippen molar-refractivity contribution in [2.45, 2.75) is 52.1 Å². The fourth-order valence-corrected chi connectivity index (χ4v) is 4.10. The lowest BCUT2D eigenvalue weighted by Gasteiger charge is -2.30. The van der Waals surface area contributed by atoms with Gasteiger partial charge in [-0.1, -0.05) is 50.3 Å². The van der Waals surface area contributed by atoms with E-state index < -0.39 is 6.04 Å². The summed E-state index contributed by atoms with van der Waals surface area (Å²) in [7, 11) is 1.66. The van der Waals surface area contributed by atoms with Gasteiger partial charge in [0, 0.05) is 25.7 Å². The normalized spacial score (nSPS) is 16.9. The first-order valence-electron chi connectivity index (χ1n) is 11.5. The monoisotopic (exact) mass is 456 g/mol. The maximum absolute atomic E-state index is 13.2. The standard InChI is InChI=1S/C25H36N4O4/c1-18(2)22(28(4)23(31)16-26-17-30)15-19(3)25(33)29-14-8-11-21(29)24(32)27-13-12-20-9-6-5-7-10-20/h5-7,9-10,15,17-18,21-22H,8,11-14,16H2,1-4H3,(H,26,30)(H,27,32)/b19-15+/t21-,22+/m0/s1. The number of hydrogen-bond acceptors (Lipinski definition) is 4. The summed E-state index contributed by atoms with van der Waals surface area (Å²) in [4.78, 5) is 52.0. The Kier molecular flexibility index (Phi) is 10.1. The van der Waals surface area contributed by atoms with Crippen LogP contribution in [0.4, 0.5) is 0 Å². The number of rotatable bonds is 11. The fourth-order valence-electron chi connectivity index (χ4n) is 4.10. The summed E-state index contributed by atoms with van der Waals surface area (Å²) in [6, 6.07) is 9.15. The van der Waals surface area contributed by atoms with Crippen molar-refractivity contribution in [1.29, 1.82) is 0 Å². The Hall–Kier alpha value is -3.16. The van der Waals surface area contributed by atoms with Gasteiger partial charge in [-0.05, 0) is 37.7 Å². The van der Waals surface area contributed by atoms with E-state index in [1.165, 1.54) is 4.90 Å². The van der Waals surface area contributed by atoms with Gasteiger partial charge in [0.2, 0.25) is 24.1 Å². The van der Waals surface area contributed by atoms with Crippen LogP contribution in [0.5, 0.6) is 0 Å². The SMILES string of the molecule is C/C(=C\[C@H](C(C)C)N(C)C(=O)CNC=O)C(=O)N1CCC[C@H]1C(=O)NCCc1ccccc1. The lowest BCUT2D eigenvalue weighted by Crippen LogP contribution is -2.47. The van der Waals surface area contributed by atoms with Gasteiger partial charge in [0.15, 0.2) is 0 Å². The van der Waals surface area contributed by atoms with Gasteiger partial charge >= 0.3 is 0 Å². The van der Waals surface area contributed by atoms with Crippen molar-refractivity contribution in [2.24, 2.45) is 5.92 Å². The topological polar surface area (TPSA) is 98.8 Å². The number of carbonyl (C=O) groups excluding carboxylic acids is 4. The minimum absolute atomic E-state index is 0.0635. The molecule has 0 aromatic heterocycles. The molecule has 2 atom stereocenters. The van der Waals surface area contributed by atoms with Gasteiger partial charge in [-0.3, -0.25) is 19.2 Å². The molecule has 2 N–H and O–H groups in total. The van der Waals surface area contributed by atoms with E-state index in [1.807, 2.05) is 44.2 Å². The molecule has 1 fully saturated rings. The van der Waals surface area contributed by atoms with E-state index in [9.17, 15) is 19.2 Å². The highest BCUT2D eigenvalue weighted by atomic mass is 16.2. The average molecular weight is 457 g/mol. The van der Waals surface area contributed by atoms with Crippen molar-refractivity contribution < 1.29 is 19.2 Å². The summed E-state index contributed by atoms with van der Waals surface area (Å²) in [5, 5.41) is 5.34. The van der Waals surface area contributed by atoms with Gasteiger partial charge in [0.1, 0.15) is 6.04 Å². The van der Waals surface area contributed by atoms with Gasteiger partial charge in [-0.25, -0.2) is 0 Å². The molecule has 180 valence electrons. The lowest BCUT2D eigenvalue weighted by atomic mass is 9.99. The second-order valence-electron chi connectivity index (χ2n) is 8.77. The minimum Gasteiger partial charge on any atom is -0.354 e. The first-order chi connectivity index (χ1) is 15.8. The second kappa shape index (κ2) is 12.8. The molecule has 1 aromatic rings. The van der Waals surface area contributed by atoms with Crippen LogP contribution in [-0.2, 0) is 25.6 Å². The van der Waals surface area contributed by atoms with Crippen LogP contribution in [0.1, 0.15) is 39.2 Å². The van der Waals surface area contributed by atoms with Crippen LogP contribution in [0.3, 0.4) is 0 Å². The smallest absolute Gasteiger partial charge is 0.249 e. The van der Waals surface area contributed by atoms with E-state index in [4.69, 9.17) is 0 Å². The van der Waals surface area contributed by atoms with Gasteiger partial charge in [0.05, 0.1) is 12.6 Å². The molecule has 1 aliphatic heterocycles. The molecule has 2 rings (SSSR count). The summed E-state index contributed by atoms with van der Waals surface area (Å²) in [6.45, 7) is 6.62. The van der Waals surface area contributed by atoms with Crippen molar-refractivity contribution in [2.75, 3.05) is 26.7 Å². The second-order valence-corrected chi connectivity index (χ2v) is 8.77. The third-order valence-electron chi connectivity index (χ3n) is 5.99. The number of carbonyl (C=O) groups is 4. The first kappa shape index (κ1) is 26.1. The van der Waals surface area contributed by atoms with Crippen molar-refractivity contribution in [3.63, 3.8) is 0 Å². The third-order valence-corrected chi connectivity index (χ3v) is 5.99. The van der Waals surface area contributed by atoms with Crippen molar-refractivity contribution in [3.05, 3.63) is 47.5 Å². The largest absolute Gasteiger partial charge is 0.354 e. The molecule has 1 saturated heterocycles. The van der Waals surface area contributed by atoms with Gasteiger partial charge in [-0.15, -0.1) is 0 Å². The summed E-state index contributed by atoms with van der Waals surface area (Å²) in [5.41, 5.74) is 1.65. The molecule has 1 aromatic carbocycles. The maximum Gasteiger partial charge on any atom is 0.249 e. The van der Waals surface area contributed by atoms with Crippen molar-refractivity contribution >= 4 is 24.1 Å². The minimum atomic E-state index is -0.481. The van der Waals surface area contributed by atoms with Gasteiger partial charge < -0.3 is 20.4 Å². The quantitative estimate of drug-likeness (QED) is 0.390. The van der Waals surface area contributed by atoms with Crippen LogP contribution in [0.2, 0.25) is 0 Å². The van der Waals surface area contributed by atoms with Crippen LogP contribution in [0.25, 0.3) is 0 Å². The van der Waals surface area contributed by atoms with Crippen LogP contribution in [0.15, 0.2) is 42.0 Å². The molecule has 4 amide bonds. The highest BCUT2D eigenvalue weighted by Gasteiger charge is 2.34. The predicted molar refractivity (Wildman–Crippen MR) is 127 cm³/mol. The van der Waals surface area contributed by atoms with Crippen LogP contribution in [0, 0.1) is 5.92 Å². The Labute approximate surface area is 196 Å². The molecular weight excluding hydrogens is 420 g/mol. The highest BCUT2D eigenvalue weighted by molar-refractivity contribution is 5.97. The zero-order valence-electron chi connectivity index (χ0n) is 20.0. The fraction of sp³-hybridized carbons (Fsp3) is 0.520. The molecule has 0 aliphatic carbocycles. The number of amides is 4. The van der Waals surface area contributed by atoms with E-state index in [1.54, 1.807) is 24.9 Å². The van der Waals surface area contributed by atoms with Crippen LogP contribution < -0.4 is 10.6 Å². The highest BCUT2D eigenvalue weighted by Crippen LogP contribution is 2.21. The van der Waals surface area contributed by atoms with E-state index >= 15 is 0 Å². The molecule has 0 bridgehead atoms. The molecule has 0 unspecified atom stereocenters. The van der Waals surface area contributed by atoms with Crippen LogP contribution >= 0.6 is 0 Å². The Morgan fingerprint density at radius 1 is 1.21 bits per heavy atom. The maximum atomic E-state index is 13.2. The lowest BCUT2D eigenvalue weighted by molar-refractivity contribution is -0.135. The first-order valence-corrected chi connectivity index (χ1v) is 11.5. The number of likely N-dealkylation sites (N-methyl/N-ethyl adjacent to an activating group) is 1.